The number of anilines is 1. The molecular formula is C22H30N2O5S. The summed E-state index contributed by atoms with van der Waals surface area (Å²) in [6, 6.07) is 11.5. The second-order valence-electron chi connectivity index (χ2n) is 7.02. The van der Waals surface area contributed by atoms with Crippen LogP contribution in [0, 0.1) is 13.8 Å². The Bertz CT molecular complexity index is 958. The van der Waals surface area contributed by atoms with Crippen LogP contribution >= 0.6 is 0 Å². The molecule has 7 nitrogen and oxygen atoms in total. The van der Waals surface area contributed by atoms with E-state index in [0.717, 1.165) is 27.4 Å². The van der Waals surface area contributed by atoms with Crippen molar-refractivity contribution in [3.63, 3.8) is 0 Å². The molecule has 0 aliphatic rings. The van der Waals surface area contributed by atoms with Gasteiger partial charge in [0.1, 0.15) is 24.1 Å². The van der Waals surface area contributed by atoms with Crippen molar-refractivity contribution >= 4 is 21.6 Å². The molecule has 2 aromatic carbocycles. The fraction of sp³-hybridized carbons (Fsp3) is 0.409. The highest BCUT2D eigenvalue weighted by Crippen LogP contribution is 2.25. The molecule has 0 saturated heterocycles. The third kappa shape index (κ3) is 5.89. The van der Waals surface area contributed by atoms with Gasteiger partial charge in [0.2, 0.25) is 15.9 Å². The standard InChI is InChI=1S/C22H30N2O5S/c1-6-20(24(30(5,26)27)18-10-12-19(28-4)13-11-18)22(25)23-14-15-29-21-9-7-8-16(2)17(21)3/h7-13,20H,6,14-15H2,1-5H3,(H,23,25)/t20-/m1/s1. The number of nitrogens with zero attached hydrogens (tertiary/aromatic N) is 1. The summed E-state index contributed by atoms with van der Waals surface area (Å²) in [6.45, 7) is 6.32. The van der Waals surface area contributed by atoms with Crippen molar-refractivity contribution in [2.45, 2.75) is 33.2 Å². The fourth-order valence-corrected chi connectivity index (χ4v) is 4.33. The minimum Gasteiger partial charge on any atom is -0.497 e. The van der Waals surface area contributed by atoms with Crippen LogP contribution in [0.5, 0.6) is 11.5 Å². The van der Waals surface area contributed by atoms with Gasteiger partial charge in [0.15, 0.2) is 0 Å². The number of carbonyl (C=O) groups is 1. The van der Waals surface area contributed by atoms with Gasteiger partial charge in [-0.2, -0.15) is 0 Å². The maximum absolute atomic E-state index is 12.8. The molecule has 1 N–H and O–H groups in total. The van der Waals surface area contributed by atoms with Crippen molar-refractivity contribution in [2.24, 2.45) is 0 Å². The quantitative estimate of drug-likeness (QED) is 0.581. The number of nitrogens with one attached hydrogen (secondary N) is 1. The summed E-state index contributed by atoms with van der Waals surface area (Å²) < 4.78 is 37.0. The third-order valence-electron chi connectivity index (χ3n) is 4.87. The SMILES string of the molecule is CC[C@H](C(=O)NCCOc1cccc(C)c1C)N(c1ccc(OC)cc1)S(C)(=O)=O. The van der Waals surface area contributed by atoms with E-state index in [4.69, 9.17) is 9.47 Å². The van der Waals surface area contributed by atoms with Crippen LogP contribution in [-0.2, 0) is 14.8 Å². The van der Waals surface area contributed by atoms with Crippen LogP contribution in [0.1, 0.15) is 24.5 Å². The molecule has 0 spiro atoms. The van der Waals surface area contributed by atoms with E-state index in [1.165, 1.54) is 7.11 Å². The summed E-state index contributed by atoms with van der Waals surface area (Å²) in [7, 11) is -2.14. The smallest absolute Gasteiger partial charge is 0.244 e. The summed E-state index contributed by atoms with van der Waals surface area (Å²) in [5.41, 5.74) is 2.59. The average molecular weight is 435 g/mol. The molecule has 0 radical (unpaired) electrons. The van der Waals surface area contributed by atoms with Gasteiger partial charge in [0, 0.05) is 0 Å². The van der Waals surface area contributed by atoms with Crippen LogP contribution < -0.4 is 19.1 Å². The highest BCUT2D eigenvalue weighted by Gasteiger charge is 2.31. The number of amides is 1. The van der Waals surface area contributed by atoms with Gasteiger partial charge in [-0.05, 0) is 61.7 Å². The molecule has 2 rings (SSSR count). The first kappa shape index (κ1) is 23.5. The molecule has 1 amide bonds. The molecule has 8 heteroatoms. The molecule has 1 atom stereocenters. The van der Waals surface area contributed by atoms with Gasteiger partial charge < -0.3 is 14.8 Å². The van der Waals surface area contributed by atoms with Crippen molar-refractivity contribution in [3.8, 4) is 11.5 Å². The maximum atomic E-state index is 12.8. The summed E-state index contributed by atoms with van der Waals surface area (Å²) in [5.74, 6) is 1.00. The van der Waals surface area contributed by atoms with Crippen LogP contribution in [0.2, 0.25) is 0 Å². The van der Waals surface area contributed by atoms with E-state index in [1.54, 1.807) is 31.2 Å². The third-order valence-corrected chi connectivity index (χ3v) is 6.05. The molecule has 0 fully saturated rings. The summed E-state index contributed by atoms with van der Waals surface area (Å²) in [4.78, 5) is 12.8. The van der Waals surface area contributed by atoms with E-state index >= 15 is 0 Å². The molecule has 0 bridgehead atoms. The van der Waals surface area contributed by atoms with Gasteiger partial charge in [0.05, 0.1) is 25.6 Å². The number of sulfonamides is 1. The van der Waals surface area contributed by atoms with Crippen LogP contribution in [0.4, 0.5) is 5.69 Å². The fourth-order valence-electron chi connectivity index (χ4n) is 3.12. The number of aryl methyl sites for hydroxylation is 1. The number of carbonyl (C=O) groups excluding carboxylic acids is 1. The number of hydrogen-bond donors (Lipinski definition) is 1. The number of rotatable bonds is 10. The molecule has 0 aromatic heterocycles. The highest BCUT2D eigenvalue weighted by atomic mass is 32.2. The normalized spacial score (nSPS) is 12.2. The number of methoxy groups -OCH3 is 1. The van der Waals surface area contributed by atoms with Crippen LogP contribution in [-0.4, -0.2) is 46.9 Å². The molecular weight excluding hydrogens is 404 g/mol. The molecule has 0 heterocycles. The van der Waals surface area contributed by atoms with Crippen LogP contribution in [0.15, 0.2) is 42.5 Å². The Morgan fingerprint density at radius 3 is 2.37 bits per heavy atom. The van der Waals surface area contributed by atoms with E-state index in [-0.39, 0.29) is 19.1 Å². The highest BCUT2D eigenvalue weighted by molar-refractivity contribution is 7.92. The Labute approximate surface area is 179 Å². The molecule has 0 unspecified atom stereocenters. The summed E-state index contributed by atoms with van der Waals surface area (Å²) >= 11 is 0. The van der Waals surface area contributed by atoms with Crippen molar-refractivity contribution in [2.75, 3.05) is 30.8 Å². The Hall–Kier alpha value is -2.74. The second-order valence-corrected chi connectivity index (χ2v) is 8.88. The van der Waals surface area contributed by atoms with E-state index < -0.39 is 16.1 Å². The lowest BCUT2D eigenvalue weighted by atomic mass is 10.1. The molecule has 30 heavy (non-hydrogen) atoms. The van der Waals surface area contributed by atoms with E-state index in [1.807, 2.05) is 32.0 Å². The van der Waals surface area contributed by atoms with Gasteiger partial charge >= 0.3 is 0 Å². The molecule has 0 aliphatic carbocycles. The molecule has 0 saturated carbocycles. The molecule has 0 aliphatic heterocycles. The monoisotopic (exact) mass is 434 g/mol. The first-order chi connectivity index (χ1) is 14.2. The Morgan fingerprint density at radius 2 is 1.80 bits per heavy atom. The Morgan fingerprint density at radius 1 is 1.13 bits per heavy atom. The summed E-state index contributed by atoms with van der Waals surface area (Å²) in [6.07, 6.45) is 1.42. The second kappa shape index (κ2) is 10.3. The first-order valence-electron chi connectivity index (χ1n) is 9.79. The predicted octanol–water partition coefficient (Wildman–Crippen LogP) is 3.05. The van der Waals surface area contributed by atoms with E-state index in [9.17, 15) is 13.2 Å². The van der Waals surface area contributed by atoms with Gasteiger partial charge in [-0.3, -0.25) is 9.10 Å². The minimum atomic E-state index is -3.68. The number of hydrogen-bond acceptors (Lipinski definition) is 5. The number of ether oxygens (including phenoxy) is 2. The lowest BCUT2D eigenvalue weighted by Gasteiger charge is -2.30. The van der Waals surface area contributed by atoms with E-state index in [2.05, 4.69) is 5.32 Å². The zero-order valence-corrected chi connectivity index (χ0v) is 19.0. The summed E-state index contributed by atoms with van der Waals surface area (Å²) in [5, 5.41) is 2.79. The largest absolute Gasteiger partial charge is 0.497 e. The van der Waals surface area contributed by atoms with Gasteiger partial charge in [0.25, 0.3) is 0 Å². The first-order valence-corrected chi connectivity index (χ1v) is 11.6. The molecule has 2 aromatic rings. The van der Waals surface area contributed by atoms with Gasteiger partial charge in [-0.25, -0.2) is 8.42 Å². The van der Waals surface area contributed by atoms with Crippen molar-refractivity contribution in [1.29, 1.82) is 0 Å². The Balaban J connectivity index is 2.07. The van der Waals surface area contributed by atoms with Crippen molar-refractivity contribution in [1.82, 2.24) is 5.32 Å². The maximum Gasteiger partial charge on any atom is 0.244 e. The minimum absolute atomic E-state index is 0.267. The van der Waals surface area contributed by atoms with Gasteiger partial charge in [-0.15, -0.1) is 0 Å². The lowest BCUT2D eigenvalue weighted by molar-refractivity contribution is -0.122. The topological polar surface area (TPSA) is 84.9 Å². The lowest BCUT2D eigenvalue weighted by Crippen LogP contribution is -2.50. The van der Waals surface area contributed by atoms with Crippen molar-refractivity contribution < 1.29 is 22.7 Å². The zero-order valence-electron chi connectivity index (χ0n) is 18.1. The van der Waals surface area contributed by atoms with Gasteiger partial charge in [-0.1, -0.05) is 19.1 Å². The zero-order chi connectivity index (χ0) is 22.3. The average Bonchev–Trinajstić information content (AvgIpc) is 2.71. The number of benzene rings is 2. The van der Waals surface area contributed by atoms with Crippen LogP contribution in [0.3, 0.4) is 0 Å². The van der Waals surface area contributed by atoms with E-state index in [0.29, 0.717) is 17.9 Å². The molecule has 164 valence electrons. The predicted molar refractivity (Wildman–Crippen MR) is 119 cm³/mol. The van der Waals surface area contributed by atoms with Crippen LogP contribution in [0.25, 0.3) is 0 Å². The van der Waals surface area contributed by atoms with Crippen molar-refractivity contribution in [3.05, 3.63) is 53.6 Å². The Kier molecular flexibility index (Phi) is 8.11.